The van der Waals surface area contributed by atoms with Crippen molar-refractivity contribution in [3.63, 3.8) is 0 Å². The van der Waals surface area contributed by atoms with Crippen molar-refractivity contribution in [2.45, 2.75) is 26.7 Å². The van der Waals surface area contributed by atoms with Crippen LogP contribution in [0.3, 0.4) is 0 Å². The Morgan fingerprint density at radius 2 is 1.79 bits per heavy atom. The van der Waals surface area contributed by atoms with Crippen molar-refractivity contribution in [3.05, 3.63) is 84.2 Å². The Hall–Kier alpha value is -4.00. The van der Waals surface area contributed by atoms with E-state index in [9.17, 15) is 4.79 Å². The number of benzene rings is 2. The van der Waals surface area contributed by atoms with Crippen LogP contribution in [0.4, 0.5) is 11.5 Å². The number of carbonyl (C=O) groups is 1. The highest BCUT2D eigenvalue weighted by Crippen LogP contribution is 2.25. The lowest BCUT2D eigenvalue weighted by atomic mass is 9.96. The molecule has 1 N–H and O–H groups in total. The summed E-state index contributed by atoms with van der Waals surface area (Å²) in [6.45, 7) is 5.57. The van der Waals surface area contributed by atoms with Gasteiger partial charge < -0.3 is 10.2 Å². The van der Waals surface area contributed by atoms with Gasteiger partial charge in [-0.05, 0) is 50.5 Å². The summed E-state index contributed by atoms with van der Waals surface area (Å²) in [5.74, 6) is 2.29. The number of carbonyl (C=O) groups excluding carboxylic acids is 1. The molecule has 2 aromatic carbocycles. The van der Waals surface area contributed by atoms with Gasteiger partial charge in [0.25, 0.3) is 0 Å². The normalized spacial score (nSPS) is 15.8. The summed E-state index contributed by atoms with van der Waals surface area (Å²) in [4.78, 5) is 19.6. The molecule has 5 rings (SSSR count). The van der Waals surface area contributed by atoms with Crippen molar-refractivity contribution >= 4 is 17.4 Å². The minimum absolute atomic E-state index is 0.0622. The van der Waals surface area contributed by atoms with Gasteiger partial charge in [0.15, 0.2) is 11.6 Å². The Morgan fingerprint density at radius 3 is 2.56 bits per heavy atom. The molecule has 0 spiro atoms. The summed E-state index contributed by atoms with van der Waals surface area (Å²) in [5, 5.41) is 12.1. The zero-order valence-electron chi connectivity index (χ0n) is 19.5. The first-order chi connectivity index (χ1) is 16.6. The van der Waals surface area contributed by atoms with Crippen LogP contribution in [0.2, 0.25) is 0 Å². The van der Waals surface area contributed by atoms with Gasteiger partial charge in [-0.2, -0.15) is 0 Å². The van der Waals surface area contributed by atoms with E-state index < -0.39 is 0 Å². The Balaban J connectivity index is 1.29. The summed E-state index contributed by atoms with van der Waals surface area (Å²) in [7, 11) is 0. The van der Waals surface area contributed by atoms with Gasteiger partial charge in [0.2, 0.25) is 5.91 Å². The molecule has 0 saturated carbocycles. The molecule has 3 heterocycles. The summed E-state index contributed by atoms with van der Waals surface area (Å²) in [6.07, 6.45) is 5.46. The van der Waals surface area contributed by atoms with Crippen molar-refractivity contribution in [1.82, 2.24) is 19.7 Å². The standard InChI is InChI=1S/C27H28N6O/c1-19-10-11-23(20(2)17-19)29-27(34)22-9-6-15-32(18-22)24-12-13-25(31-30-24)33-16-14-28-26(33)21-7-4-3-5-8-21/h3-5,7-8,10-14,16-17,22H,6,9,15,18H2,1-2H3,(H,29,34). The lowest BCUT2D eigenvalue weighted by Crippen LogP contribution is -2.41. The molecule has 1 aliphatic rings. The summed E-state index contributed by atoms with van der Waals surface area (Å²) >= 11 is 0. The first-order valence-electron chi connectivity index (χ1n) is 11.6. The molecule has 2 aromatic heterocycles. The number of nitrogens with one attached hydrogen (secondary N) is 1. The van der Waals surface area contributed by atoms with Gasteiger partial charge in [-0.15, -0.1) is 10.2 Å². The van der Waals surface area contributed by atoms with Gasteiger partial charge in [-0.25, -0.2) is 4.98 Å². The van der Waals surface area contributed by atoms with E-state index in [1.54, 1.807) is 6.20 Å². The first-order valence-corrected chi connectivity index (χ1v) is 11.6. The molecule has 7 heteroatoms. The molecule has 1 aliphatic heterocycles. The Morgan fingerprint density at radius 1 is 1.00 bits per heavy atom. The fourth-order valence-corrected chi connectivity index (χ4v) is 4.49. The largest absolute Gasteiger partial charge is 0.354 e. The van der Waals surface area contributed by atoms with Gasteiger partial charge in [0.05, 0.1) is 5.92 Å². The monoisotopic (exact) mass is 452 g/mol. The zero-order valence-corrected chi connectivity index (χ0v) is 19.5. The summed E-state index contributed by atoms with van der Waals surface area (Å²) in [6, 6.07) is 20.0. The third-order valence-electron chi connectivity index (χ3n) is 6.31. The van der Waals surface area contributed by atoms with Crippen LogP contribution in [-0.2, 0) is 4.79 Å². The van der Waals surface area contributed by atoms with Crippen LogP contribution in [0.5, 0.6) is 0 Å². The van der Waals surface area contributed by atoms with E-state index in [-0.39, 0.29) is 11.8 Å². The molecule has 0 aliphatic carbocycles. The van der Waals surface area contributed by atoms with Crippen molar-refractivity contribution in [3.8, 4) is 17.2 Å². The number of aromatic nitrogens is 4. The smallest absolute Gasteiger partial charge is 0.229 e. The molecule has 0 radical (unpaired) electrons. The van der Waals surface area contributed by atoms with Crippen LogP contribution in [0.15, 0.2) is 73.1 Å². The van der Waals surface area contributed by atoms with Gasteiger partial charge in [0, 0.05) is 36.7 Å². The molecule has 1 atom stereocenters. The second kappa shape index (κ2) is 9.47. The number of aryl methyl sites for hydroxylation is 2. The maximum Gasteiger partial charge on any atom is 0.229 e. The number of nitrogens with zero attached hydrogens (tertiary/aromatic N) is 5. The predicted molar refractivity (Wildman–Crippen MR) is 134 cm³/mol. The highest BCUT2D eigenvalue weighted by atomic mass is 16.1. The molecule has 1 fully saturated rings. The van der Waals surface area contributed by atoms with Crippen LogP contribution in [0, 0.1) is 19.8 Å². The molecular formula is C27H28N6O. The van der Waals surface area contributed by atoms with Gasteiger partial charge in [0.1, 0.15) is 5.82 Å². The van der Waals surface area contributed by atoms with Crippen LogP contribution < -0.4 is 10.2 Å². The fourth-order valence-electron chi connectivity index (χ4n) is 4.49. The van der Waals surface area contributed by atoms with Crippen LogP contribution in [-0.4, -0.2) is 38.7 Å². The minimum Gasteiger partial charge on any atom is -0.354 e. The molecule has 4 aromatic rings. The molecule has 0 bridgehead atoms. The van der Waals surface area contributed by atoms with Crippen molar-refractivity contribution in [2.24, 2.45) is 5.92 Å². The second-order valence-electron chi connectivity index (χ2n) is 8.83. The number of amides is 1. The van der Waals surface area contributed by atoms with E-state index in [0.29, 0.717) is 12.4 Å². The van der Waals surface area contributed by atoms with E-state index in [2.05, 4.69) is 38.4 Å². The Bertz CT molecular complexity index is 1280. The molecular weight excluding hydrogens is 424 g/mol. The van der Waals surface area contributed by atoms with Gasteiger partial charge in [-0.3, -0.25) is 9.36 Å². The number of piperidine rings is 1. The third kappa shape index (κ3) is 4.55. The summed E-state index contributed by atoms with van der Waals surface area (Å²) < 4.78 is 1.93. The molecule has 1 unspecified atom stereocenters. The number of hydrogen-bond acceptors (Lipinski definition) is 5. The lowest BCUT2D eigenvalue weighted by Gasteiger charge is -2.32. The Kier molecular flexibility index (Phi) is 6.08. The minimum atomic E-state index is -0.0886. The SMILES string of the molecule is Cc1ccc(NC(=O)C2CCCN(c3ccc(-n4ccnc4-c4ccccc4)nn3)C2)c(C)c1. The number of anilines is 2. The molecule has 7 nitrogen and oxygen atoms in total. The topological polar surface area (TPSA) is 75.9 Å². The molecule has 1 amide bonds. The van der Waals surface area contributed by atoms with E-state index in [1.165, 1.54) is 5.56 Å². The van der Waals surface area contributed by atoms with E-state index in [0.717, 1.165) is 47.8 Å². The summed E-state index contributed by atoms with van der Waals surface area (Å²) in [5.41, 5.74) is 4.17. The highest BCUT2D eigenvalue weighted by molar-refractivity contribution is 5.93. The maximum atomic E-state index is 13.0. The average Bonchev–Trinajstić information content (AvgIpc) is 3.36. The predicted octanol–water partition coefficient (Wildman–Crippen LogP) is 4.80. The highest BCUT2D eigenvalue weighted by Gasteiger charge is 2.27. The zero-order chi connectivity index (χ0) is 23.5. The number of rotatable bonds is 5. The second-order valence-corrected chi connectivity index (χ2v) is 8.83. The van der Waals surface area contributed by atoms with Crippen LogP contribution in [0.25, 0.3) is 17.2 Å². The van der Waals surface area contributed by atoms with Crippen LogP contribution >= 0.6 is 0 Å². The van der Waals surface area contributed by atoms with Crippen molar-refractivity contribution in [1.29, 1.82) is 0 Å². The third-order valence-corrected chi connectivity index (χ3v) is 6.31. The molecule has 172 valence electrons. The van der Waals surface area contributed by atoms with E-state index >= 15 is 0 Å². The Labute approximate surface area is 199 Å². The van der Waals surface area contributed by atoms with Crippen molar-refractivity contribution < 1.29 is 4.79 Å². The van der Waals surface area contributed by atoms with Crippen molar-refractivity contribution in [2.75, 3.05) is 23.3 Å². The fraction of sp³-hybridized carbons (Fsp3) is 0.259. The first kappa shape index (κ1) is 21.8. The van der Waals surface area contributed by atoms with Crippen LogP contribution in [0.1, 0.15) is 24.0 Å². The van der Waals surface area contributed by atoms with Gasteiger partial charge >= 0.3 is 0 Å². The van der Waals surface area contributed by atoms with E-state index in [4.69, 9.17) is 0 Å². The number of hydrogen-bond donors (Lipinski definition) is 1. The average molecular weight is 453 g/mol. The number of imidazole rings is 1. The maximum absolute atomic E-state index is 13.0. The quantitative estimate of drug-likeness (QED) is 0.471. The van der Waals surface area contributed by atoms with E-state index in [1.807, 2.05) is 72.3 Å². The van der Waals surface area contributed by atoms with Gasteiger partial charge in [-0.1, -0.05) is 48.0 Å². The molecule has 1 saturated heterocycles. The molecule has 34 heavy (non-hydrogen) atoms. The lowest BCUT2D eigenvalue weighted by molar-refractivity contribution is -0.120.